The third-order valence-corrected chi connectivity index (χ3v) is 2.89. The van der Waals surface area contributed by atoms with Crippen LogP contribution in [0.2, 0.25) is 0 Å². The molecule has 0 fully saturated rings. The minimum atomic E-state index is 0.762. The number of benzene rings is 1. The highest BCUT2D eigenvalue weighted by atomic mass is 16.5. The Balaban J connectivity index is 2.17. The maximum Gasteiger partial charge on any atom is 0.126 e. The van der Waals surface area contributed by atoms with Crippen molar-refractivity contribution in [2.24, 2.45) is 0 Å². The second-order valence-electron chi connectivity index (χ2n) is 4.80. The number of unbranched alkanes of at least 4 members (excludes halogenated alkanes) is 2. The average Bonchev–Trinajstić information content (AvgIpc) is 2.42. The van der Waals surface area contributed by atoms with Gasteiger partial charge in [-0.2, -0.15) is 0 Å². The van der Waals surface area contributed by atoms with E-state index in [1.807, 2.05) is 25.1 Å². The van der Waals surface area contributed by atoms with Gasteiger partial charge in [0.2, 0.25) is 0 Å². The topological polar surface area (TPSA) is 18.5 Å². The van der Waals surface area contributed by atoms with Gasteiger partial charge in [0.25, 0.3) is 0 Å². The molecule has 19 heavy (non-hydrogen) atoms. The first-order valence-corrected chi connectivity index (χ1v) is 7.21. The van der Waals surface area contributed by atoms with Gasteiger partial charge in [-0.05, 0) is 44.2 Å². The molecular weight excluding hydrogens is 236 g/mol. The Hall–Kier alpha value is -1.28. The molecule has 0 spiro atoms. The Morgan fingerprint density at radius 2 is 1.79 bits per heavy atom. The van der Waals surface area contributed by atoms with E-state index in [1.54, 1.807) is 0 Å². The molecule has 0 aliphatic carbocycles. The number of hydrogen-bond donors (Lipinski definition) is 0. The van der Waals surface area contributed by atoms with Crippen molar-refractivity contribution in [1.82, 2.24) is 0 Å². The molecule has 0 saturated carbocycles. The number of ether oxygens (including phenoxy) is 2. The predicted molar refractivity (Wildman–Crippen MR) is 81.6 cm³/mol. The Labute approximate surface area is 117 Å². The van der Waals surface area contributed by atoms with Crippen LogP contribution < -0.4 is 4.74 Å². The molecule has 2 heteroatoms. The normalized spacial score (nSPS) is 10.4. The summed E-state index contributed by atoms with van der Waals surface area (Å²) in [4.78, 5) is 0. The molecular formula is C17H26O2. The van der Waals surface area contributed by atoms with E-state index in [0.717, 1.165) is 62.4 Å². The second kappa shape index (κ2) is 9.62. The molecule has 0 atom stereocenters. The first kappa shape index (κ1) is 15.8. The zero-order valence-corrected chi connectivity index (χ0v) is 12.3. The summed E-state index contributed by atoms with van der Waals surface area (Å²) in [7, 11) is 0. The van der Waals surface area contributed by atoms with Crippen LogP contribution in [-0.4, -0.2) is 19.8 Å². The fourth-order valence-corrected chi connectivity index (χ4v) is 1.86. The molecule has 0 bridgehead atoms. The average molecular weight is 262 g/mol. The van der Waals surface area contributed by atoms with Crippen LogP contribution in [0.25, 0.3) is 5.57 Å². The van der Waals surface area contributed by atoms with Crippen LogP contribution in [0.3, 0.4) is 0 Å². The third-order valence-electron chi connectivity index (χ3n) is 2.89. The maximum atomic E-state index is 5.82. The monoisotopic (exact) mass is 262 g/mol. The molecule has 0 saturated heterocycles. The Kier molecular flexibility index (Phi) is 7.99. The standard InChI is InChI=1S/C17H26O2/c1-4-12-18-13-8-5-9-14-19-17-11-7-6-10-16(17)15(2)3/h6-7,10-11H,2,4-5,8-9,12-14H2,1,3H3. The first-order chi connectivity index (χ1) is 9.25. The minimum absolute atomic E-state index is 0.762. The van der Waals surface area contributed by atoms with E-state index >= 15 is 0 Å². The van der Waals surface area contributed by atoms with Crippen molar-refractivity contribution in [3.63, 3.8) is 0 Å². The lowest BCUT2D eigenvalue weighted by Gasteiger charge is -2.11. The van der Waals surface area contributed by atoms with E-state index in [2.05, 4.69) is 19.6 Å². The summed E-state index contributed by atoms with van der Waals surface area (Å²) in [6.45, 7) is 10.6. The van der Waals surface area contributed by atoms with Gasteiger partial charge in [-0.1, -0.05) is 31.7 Å². The van der Waals surface area contributed by atoms with Gasteiger partial charge in [-0.15, -0.1) is 0 Å². The highest BCUT2D eigenvalue weighted by Gasteiger charge is 2.02. The predicted octanol–water partition coefficient (Wildman–Crippen LogP) is 4.70. The zero-order valence-electron chi connectivity index (χ0n) is 12.3. The van der Waals surface area contributed by atoms with Crippen molar-refractivity contribution >= 4 is 5.57 Å². The van der Waals surface area contributed by atoms with Crippen molar-refractivity contribution in [3.8, 4) is 5.75 Å². The second-order valence-corrected chi connectivity index (χ2v) is 4.80. The third kappa shape index (κ3) is 6.44. The van der Waals surface area contributed by atoms with Gasteiger partial charge in [0.15, 0.2) is 0 Å². The number of allylic oxidation sites excluding steroid dienone is 1. The molecule has 0 amide bonds. The Morgan fingerprint density at radius 1 is 1.05 bits per heavy atom. The molecule has 0 heterocycles. The van der Waals surface area contributed by atoms with E-state index in [1.165, 1.54) is 0 Å². The number of hydrogen-bond acceptors (Lipinski definition) is 2. The lowest BCUT2D eigenvalue weighted by molar-refractivity contribution is 0.129. The molecule has 0 aliphatic heterocycles. The molecule has 0 aromatic heterocycles. The molecule has 0 radical (unpaired) electrons. The van der Waals surface area contributed by atoms with E-state index in [9.17, 15) is 0 Å². The lowest BCUT2D eigenvalue weighted by atomic mass is 10.1. The lowest BCUT2D eigenvalue weighted by Crippen LogP contribution is -2.01. The summed E-state index contributed by atoms with van der Waals surface area (Å²) in [5.41, 5.74) is 2.15. The van der Waals surface area contributed by atoms with Crippen molar-refractivity contribution in [2.75, 3.05) is 19.8 Å². The molecule has 0 unspecified atom stereocenters. The van der Waals surface area contributed by atoms with Gasteiger partial charge in [0.05, 0.1) is 6.61 Å². The van der Waals surface area contributed by atoms with E-state index in [0.29, 0.717) is 0 Å². The van der Waals surface area contributed by atoms with Crippen LogP contribution in [0.5, 0.6) is 5.75 Å². The van der Waals surface area contributed by atoms with Gasteiger partial charge < -0.3 is 9.47 Å². The molecule has 0 N–H and O–H groups in total. The summed E-state index contributed by atoms with van der Waals surface area (Å²) in [6, 6.07) is 8.08. The quantitative estimate of drug-likeness (QED) is 0.569. The summed E-state index contributed by atoms with van der Waals surface area (Å²) < 4.78 is 11.3. The van der Waals surface area contributed by atoms with Crippen LogP contribution >= 0.6 is 0 Å². The van der Waals surface area contributed by atoms with Crippen LogP contribution in [0.1, 0.15) is 45.1 Å². The fourth-order valence-electron chi connectivity index (χ4n) is 1.86. The smallest absolute Gasteiger partial charge is 0.126 e. The summed E-state index contributed by atoms with van der Waals surface area (Å²) in [5.74, 6) is 0.942. The van der Waals surface area contributed by atoms with Crippen molar-refractivity contribution in [1.29, 1.82) is 0 Å². The highest BCUT2D eigenvalue weighted by molar-refractivity contribution is 5.66. The van der Waals surface area contributed by atoms with Crippen LogP contribution in [0, 0.1) is 0 Å². The van der Waals surface area contributed by atoms with E-state index in [4.69, 9.17) is 9.47 Å². The van der Waals surface area contributed by atoms with E-state index in [-0.39, 0.29) is 0 Å². The summed E-state index contributed by atoms with van der Waals surface area (Å²) in [6.07, 6.45) is 4.44. The van der Waals surface area contributed by atoms with Crippen LogP contribution in [0.15, 0.2) is 30.8 Å². The van der Waals surface area contributed by atoms with Gasteiger partial charge >= 0.3 is 0 Å². The largest absolute Gasteiger partial charge is 0.493 e. The fraction of sp³-hybridized carbons (Fsp3) is 0.529. The summed E-state index contributed by atoms with van der Waals surface area (Å²) >= 11 is 0. The Bertz CT molecular complexity index is 371. The van der Waals surface area contributed by atoms with Gasteiger partial charge in [-0.25, -0.2) is 0 Å². The van der Waals surface area contributed by atoms with Crippen LogP contribution in [-0.2, 0) is 4.74 Å². The van der Waals surface area contributed by atoms with Crippen LogP contribution in [0.4, 0.5) is 0 Å². The maximum absolute atomic E-state index is 5.82. The molecule has 1 aromatic carbocycles. The SMILES string of the molecule is C=C(C)c1ccccc1OCCCCCOCCC. The summed E-state index contributed by atoms with van der Waals surface area (Å²) in [5, 5.41) is 0. The van der Waals surface area contributed by atoms with Gasteiger partial charge in [-0.3, -0.25) is 0 Å². The molecule has 0 aliphatic rings. The Morgan fingerprint density at radius 3 is 2.53 bits per heavy atom. The number of rotatable bonds is 10. The zero-order chi connectivity index (χ0) is 13.9. The highest BCUT2D eigenvalue weighted by Crippen LogP contribution is 2.24. The van der Waals surface area contributed by atoms with Gasteiger partial charge in [0.1, 0.15) is 5.75 Å². The number of para-hydroxylation sites is 1. The molecule has 1 aromatic rings. The molecule has 2 nitrogen and oxygen atoms in total. The molecule has 106 valence electrons. The van der Waals surface area contributed by atoms with Crippen molar-refractivity contribution in [3.05, 3.63) is 36.4 Å². The minimum Gasteiger partial charge on any atom is -0.493 e. The first-order valence-electron chi connectivity index (χ1n) is 7.21. The molecule has 1 rings (SSSR count). The van der Waals surface area contributed by atoms with Gasteiger partial charge in [0, 0.05) is 18.8 Å². The van der Waals surface area contributed by atoms with Crippen molar-refractivity contribution in [2.45, 2.75) is 39.5 Å². The van der Waals surface area contributed by atoms with E-state index < -0.39 is 0 Å². The van der Waals surface area contributed by atoms with Crippen molar-refractivity contribution < 1.29 is 9.47 Å².